The number of aliphatic hydroxyl groups is 1. The van der Waals surface area contributed by atoms with Gasteiger partial charge in [-0.05, 0) is 25.7 Å². The van der Waals surface area contributed by atoms with Crippen molar-refractivity contribution in [3.8, 4) is 0 Å². The SMILES string of the molecule is Nc1cn2ccnc2c(N2C3CCC2CC(O)C3)n1. The summed E-state index contributed by atoms with van der Waals surface area (Å²) in [5, 5.41) is 9.89. The molecule has 19 heavy (non-hydrogen) atoms. The zero-order chi connectivity index (χ0) is 13.0. The molecule has 2 aliphatic rings. The van der Waals surface area contributed by atoms with Gasteiger partial charge in [0.15, 0.2) is 11.5 Å². The Morgan fingerprint density at radius 1 is 1.26 bits per heavy atom. The van der Waals surface area contributed by atoms with Crippen LogP contribution in [0.25, 0.3) is 5.65 Å². The molecule has 0 amide bonds. The van der Waals surface area contributed by atoms with Crippen molar-refractivity contribution in [1.29, 1.82) is 0 Å². The Balaban J connectivity index is 1.84. The quantitative estimate of drug-likeness (QED) is 0.792. The fraction of sp³-hybridized carbons (Fsp3) is 0.538. The summed E-state index contributed by atoms with van der Waals surface area (Å²) in [6.07, 6.45) is 9.13. The van der Waals surface area contributed by atoms with Crippen LogP contribution < -0.4 is 10.6 Å². The Morgan fingerprint density at radius 3 is 2.74 bits per heavy atom. The molecule has 2 saturated heterocycles. The lowest BCUT2D eigenvalue weighted by Crippen LogP contribution is -2.45. The third-order valence-electron chi connectivity index (χ3n) is 4.33. The Labute approximate surface area is 110 Å². The predicted molar refractivity (Wildman–Crippen MR) is 71.9 cm³/mol. The molecule has 0 radical (unpaired) electrons. The normalized spacial score (nSPS) is 30.2. The first-order valence-electron chi connectivity index (χ1n) is 6.78. The van der Waals surface area contributed by atoms with Gasteiger partial charge in [-0.2, -0.15) is 0 Å². The van der Waals surface area contributed by atoms with Gasteiger partial charge in [0.1, 0.15) is 5.82 Å². The lowest BCUT2D eigenvalue weighted by Gasteiger charge is -2.38. The number of nitrogens with two attached hydrogens (primary N) is 1. The summed E-state index contributed by atoms with van der Waals surface area (Å²) in [6, 6.07) is 0.729. The van der Waals surface area contributed by atoms with Crippen LogP contribution in [0.4, 0.5) is 11.6 Å². The van der Waals surface area contributed by atoms with Crippen molar-refractivity contribution in [3.63, 3.8) is 0 Å². The highest BCUT2D eigenvalue weighted by molar-refractivity contribution is 5.68. The van der Waals surface area contributed by atoms with Gasteiger partial charge in [-0.3, -0.25) is 0 Å². The van der Waals surface area contributed by atoms with E-state index in [4.69, 9.17) is 5.73 Å². The molecule has 2 aliphatic heterocycles. The number of rotatable bonds is 1. The summed E-state index contributed by atoms with van der Waals surface area (Å²) in [7, 11) is 0. The molecular formula is C13H17N5O. The number of aliphatic hydroxyl groups excluding tert-OH is 1. The van der Waals surface area contributed by atoms with Crippen LogP contribution in [0.2, 0.25) is 0 Å². The van der Waals surface area contributed by atoms with E-state index in [0.717, 1.165) is 37.1 Å². The smallest absolute Gasteiger partial charge is 0.180 e. The van der Waals surface area contributed by atoms with Gasteiger partial charge in [0, 0.05) is 24.5 Å². The van der Waals surface area contributed by atoms with Gasteiger partial charge in [0.2, 0.25) is 0 Å². The Bertz CT molecular complexity index is 611. The van der Waals surface area contributed by atoms with E-state index in [1.807, 2.05) is 10.6 Å². The van der Waals surface area contributed by atoms with Crippen LogP contribution in [0.5, 0.6) is 0 Å². The fourth-order valence-electron chi connectivity index (χ4n) is 3.60. The third-order valence-corrected chi connectivity index (χ3v) is 4.33. The highest BCUT2D eigenvalue weighted by atomic mass is 16.3. The van der Waals surface area contributed by atoms with Gasteiger partial charge >= 0.3 is 0 Å². The van der Waals surface area contributed by atoms with Crippen LogP contribution in [0.1, 0.15) is 25.7 Å². The first kappa shape index (κ1) is 11.0. The second-order valence-corrected chi connectivity index (χ2v) is 5.56. The zero-order valence-electron chi connectivity index (χ0n) is 10.6. The highest BCUT2D eigenvalue weighted by Crippen LogP contribution is 2.39. The number of nitrogen functional groups attached to an aromatic ring is 1. The molecule has 0 saturated carbocycles. The maximum atomic E-state index is 9.89. The Kier molecular flexibility index (Phi) is 2.23. The summed E-state index contributed by atoms with van der Waals surface area (Å²) in [4.78, 5) is 11.2. The molecule has 2 aromatic heterocycles. The topological polar surface area (TPSA) is 79.7 Å². The van der Waals surface area contributed by atoms with Crippen LogP contribution in [-0.2, 0) is 0 Å². The summed E-state index contributed by atoms with van der Waals surface area (Å²) in [5.41, 5.74) is 6.74. The lowest BCUT2D eigenvalue weighted by atomic mass is 10.00. The number of anilines is 2. The molecule has 3 N–H and O–H groups in total. The molecule has 0 aromatic carbocycles. The second kappa shape index (κ2) is 3.84. The zero-order valence-corrected chi connectivity index (χ0v) is 10.6. The van der Waals surface area contributed by atoms with E-state index in [2.05, 4.69) is 14.9 Å². The molecule has 2 fully saturated rings. The molecule has 6 heteroatoms. The van der Waals surface area contributed by atoms with Crippen LogP contribution in [0.3, 0.4) is 0 Å². The minimum atomic E-state index is -0.175. The van der Waals surface area contributed by atoms with E-state index in [1.165, 1.54) is 0 Å². The van der Waals surface area contributed by atoms with E-state index >= 15 is 0 Å². The largest absolute Gasteiger partial charge is 0.393 e. The Morgan fingerprint density at radius 2 is 2.00 bits per heavy atom. The minimum Gasteiger partial charge on any atom is -0.393 e. The molecule has 4 rings (SSSR count). The maximum absolute atomic E-state index is 9.89. The van der Waals surface area contributed by atoms with Gasteiger partial charge in [0.05, 0.1) is 12.3 Å². The number of hydrogen-bond acceptors (Lipinski definition) is 5. The van der Waals surface area contributed by atoms with Gasteiger partial charge in [-0.1, -0.05) is 0 Å². The first-order chi connectivity index (χ1) is 9.22. The minimum absolute atomic E-state index is 0.175. The fourth-order valence-corrected chi connectivity index (χ4v) is 3.60. The molecule has 100 valence electrons. The third kappa shape index (κ3) is 1.59. The molecule has 2 atom stereocenters. The monoisotopic (exact) mass is 259 g/mol. The van der Waals surface area contributed by atoms with E-state index in [1.54, 1.807) is 12.4 Å². The maximum Gasteiger partial charge on any atom is 0.180 e. The first-order valence-corrected chi connectivity index (χ1v) is 6.78. The van der Waals surface area contributed by atoms with Crippen molar-refractivity contribution in [2.45, 2.75) is 43.9 Å². The summed E-state index contributed by atoms with van der Waals surface area (Å²) in [5.74, 6) is 1.37. The van der Waals surface area contributed by atoms with E-state index < -0.39 is 0 Å². The summed E-state index contributed by atoms with van der Waals surface area (Å²) in [6.45, 7) is 0. The molecule has 2 aromatic rings. The van der Waals surface area contributed by atoms with Gasteiger partial charge in [-0.25, -0.2) is 9.97 Å². The van der Waals surface area contributed by atoms with Crippen molar-refractivity contribution in [2.75, 3.05) is 10.6 Å². The lowest BCUT2D eigenvalue weighted by molar-refractivity contribution is 0.126. The number of nitrogens with zero attached hydrogens (tertiary/aromatic N) is 4. The Hall–Kier alpha value is -1.82. The van der Waals surface area contributed by atoms with Crippen molar-refractivity contribution >= 4 is 17.3 Å². The molecule has 6 nitrogen and oxygen atoms in total. The van der Waals surface area contributed by atoms with Crippen molar-refractivity contribution < 1.29 is 5.11 Å². The van der Waals surface area contributed by atoms with E-state index in [9.17, 15) is 5.11 Å². The van der Waals surface area contributed by atoms with Crippen LogP contribution in [-0.4, -0.2) is 37.7 Å². The van der Waals surface area contributed by atoms with Gasteiger partial charge < -0.3 is 20.1 Å². The van der Waals surface area contributed by atoms with Gasteiger partial charge in [0.25, 0.3) is 0 Å². The molecule has 2 bridgehead atoms. The van der Waals surface area contributed by atoms with Gasteiger partial charge in [-0.15, -0.1) is 0 Å². The van der Waals surface area contributed by atoms with E-state index in [0.29, 0.717) is 17.9 Å². The standard InChI is InChI=1S/C13H17N5O/c14-11-7-17-4-3-15-12(17)13(16-11)18-8-1-2-9(18)6-10(19)5-8/h3-4,7-10,19H,1-2,5-6,14H2. The highest BCUT2D eigenvalue weighted by Gasteiger charge is 2.41. The molecule has 0 aliphatic carbocycles. The van der Waals surface area contributed by atoms with Crippen LogP contribution in [0.15, 0.2) is 18.6 Å². The number of imidazole rings is 1. The number of aromatic nitrogens is 3. The summed E-state index contributed by atoms with van der Waals surface area (Å²) >= 11 is 0. The van der Waals surface area contributed by atoms with Crippen molar-refractivity contribution in [3.05, 3.63) is 18.6 Å². The molecule has 0 spiro atoms. The van der Waals surface area contributed by atoms with Crippen LogP contribution in [0, 0.1) is 0 Å². The van der Waals surface area contributed by atoms with Crippen molar-refractivity contribution in [2.24, 2.45) is 0 Å². The van der Waals surface area contributed by atoms with E-state index in [-0.39, 0.29) is 6.10 Å². The number of hydrogen-bond donors (Lipinski definition) is 2. The average Bonchev–Trinajstić information content (AvgIpc) is 2.92. The predicted octanol–water partition coefficient (Wildman–Crippen LogP) is 0.804. The average molecular weight is 259 g/mol. The number of fused-ring (bicyclic) bond motifs is 3. The molecule has 2 unspecified atom stereocenters. The molecule has 4 heterocycles. The second-order valence-electron chi connectivity index (χ2n) is 5.56. The number of piperidine rings is 1. The molecular weight excluding hydrogens is 242 g/mol. The summed E-state index contributed by atoms with van der Waals surface area (Å²) < 4.78 is 1.92. The van der Waals surface area contributed by atoms with Crippen molar-refractivity contribution in [1.82, 2.24) is 14.4 Å². The van der Waals surface area contributed by atoms with Crippen LogP contribution >= 0.6 is 0 Å².